The van der Waals surface area contributed by atoms with Gasteiger partial charge in [-0.25, -0.2) is 0 Å². The fourth-order valence-electron chi connectivity index (χ4n) is 1.48. The molecule has 3 N–H and O–H groups in total. The minimum absolute atomic E-state index is 0.0927. The van der Waals surface area contributed by atoms with Gasteiger partial charge in [0.05, 0.1) is 5.75 Å². The van der Waals surface area contributed by atoms with E-state index in [1.165, 1.54) is 23.1 Å². The molecule has 2 aromatic rings. The maximum atomic E-state index is 11.9. The lowest BCUT2D eigenvalue weighted by Crippen LogP contribution is -2.14. The molecule has 0 atom stereocenters. The molecule has 6 nitrogen and oxygen atoms in total. The van der Waals surface area contributed by atoms with E-state index in [0.717, 1.165) is 15.0 Å². The van der Waals surface area contributed by atoms with Gasteiger partial charge in [-0.3, -0.25) is 4.79 Å². The number of nitrogens with two attached hydrogens (primary N) is 1. The van der Waals surface area contributed by atoms with Crippen molar-refractivity contribution >= 4 is 45.5 Å². The molecule has 0 aliphatic rings. The van der Waals surface area contributed by atoms with Gasteiger partial charge in [-0.05, 0) is 24.6 Å². The number of rotatable bonds is 5. The summed E-state index contributed by atoms with van der Waals surface area (Å²) >= 11 is 2.83. The largest absolute Gasteiger partial charge is 0.398 e. The van der Waals surface area contributed by atoms with Crippen molar-refractivity contribution in [3.05, 3.63) is 23.8 Å². The second-order valence-corrected chi connectivity index (χ2v) is 6.83. The van der Waals surface area contributed by atoms with Gasteiger partial charge < -0.3 is 16.0 Å². The summed E-state index contributed by atoms with van der Waals surface area (Å²) < 4.78 is 0.775. The van der Waals surface area contributed by atoms with Crippen molar-refractivity contribution in [2.45, 2.75) is 11.3 Å². The second-order valence-electron chi connectivity index (χ2n) is 4.65. The Kier molecular flexibility index (Phi) is 5.03. The maximum absolute atomic E-state index is 11.9. The number of nitrogens with zero attached hydrogens (tertiary/aromatic N) is 3. The molecule has 21 heavy (non-hydrogen) atoms. The van der Waals surface area contributed by atoms with Crippen LogP contribution in [-0.4, -0.2) is 36.0 Å². The standard InChI is InChI=1S/C13H17N5OS2/c1-8-4-5-9(6-10(8)14)15-11(19)7-20-13-17-16-12(21-13)18(2)3/h4-6H,7,14H2,1-3H3,(H,15,19). The first kappa shape index (κ1) is 15.6. The number of aromatic nitrogens is 2. The number of carbonyl (C=O) groups excluding carboxylic acids is 1. The Balaban J connectivity index is 1.88. The zero-order valence-corrected chi connectivity index (χ0v) is 13.7. The fraction of sp³-hybridized carbons (Fsp3) is 0.308. The van der Waals surface area contributed by atoms with Gasteiger partial charge in [0, 0.05) is 25.5 Å². The molecule has 0 radical (unpaired) electrons. The monoisotopic (exact) mass is 323 g/mol. The summed E-state index contributed by atoms with van der Waals surface area (Å²) in [5.74, 6) is 0.195. The Bertz CT molecular complexity index is 641. The van der Waals surface area contributed by atoms with E-state index in [1.807, 2.05) is 38.1 Å². The highest BCUT2D eigenvalue weighted by atomic mass is 32.2. The van der Waals surface area contributed by atoms with Crippen molar-refractivity contribution in [2.75, 3.05) is 35.8 Å². The van der Waals surface area contributed by atoms with E-state index in [1.54, 1.807) is 6.07 Å². The number of nitrogen functional groups attached to an aromatic ring is 1. The molecule has 0 fully saturated rings. The quantitative estimate of drug-likeness (QED) is 0.648. The SMILES string of the molecule is Cc1ccc(NC(=O)CSc2nnc(N(C)C)s2)cc1N. The van der Waals surface area contributed by atoms with Crippen LogP contribution in [0.5, 0.6) is 0 Å². The van der Waals surface area contributed by atoms with Crippen LogP contribution < -0.4 is 16.0 Å². The molecule has 2 rings (SSSR count). The van der Waals surface area contributed by atoms with Crippen LogP contribution in [0.2, 0.25) is 0 Å². The molecular weight excluding hydrogens is 306 g/mol. The maximum Gasteiger partial charge on any atom is 0.234 e. The molecule has 0 aliphatic heterocycles. The molecule has 8 heteroatoms. The molecule has 1 heterocycles. The number of hydrogen-bond acceptors (Lipinski definition) is 7. The van der Waals surface area contributed by atoms with E-state index in [0.29, 0.717) is 11.4 Å². The third-order valence-corrected chi connectivity index (χ3v) is 4.89. The van der Waals surface area contributed by atoms with Crippen molar-refractivity contribution in [3.8, 4) is 0 Å². The van der Waals surface area contributed by atoms with Gasteiger partial charge in [0.15, 0.2) is 4.34 Å². The minimum Gasteiger partial charge on any atom is -0.398 e. The molecule has 0 unspecified atom stereocenters. The van der Waals surface area contributed by atoms with Gasteiger partial charge in [-0.15, -0.1) is 10.2 Å². The van der Waals surface area contributed by atoms with Crippen LogP contribution in [-0.2, 0) is 4.79 Å². The average Bonchev–Trinajstić information content (AvgIpc) is 2.90. The van der Waals surface area contributed by atoms with Crippen LogP contribution in [0.1, 0.15) is 5.56 Å². The van der Waals surface area contributed by atoms with Crippen molar-refractivity contribution in [3.63, 3.8) is 0 Å². The van der Waals surface area contributed by atoms with Gasteiger partial charge in [-0.2, -0.15) is 0 Å². The third-order valence-electron chi connectivity index (χ3n) is 2.67. The van der Waals surface area contributed by atoms with Crippen molar-refractivity contribution in [2.24, 2.45) is 0 Å². The highest BCUT2D eigenvalue weighted by Gasteiger charge is 2.09. The van der Waals surface area contributed by atoms with Crippen LogP contribution in [0.3, 0.4) is 0 Å². The van der Waals surface area contributed by atoms with E-state index in [-0.39, 0.29) is 11.7 Å². The highest BCUT2D eigenvalue weighted by molar-refractivity contribution is 8.01. The molecule has 1 aromatic carbocycles. The Morgan fingerprint density at radius 2 is 2.19 bits per heavy atom. The normalized spacial score (nSPS) is 10.4. The summed E-state index contributed by atoms with van der Waals surface area (Å²) in [6, 6.07) is 5.47. The number of carbonyl (C=O) groups is 1. The smallest absolute Gasteiger partial charge is 0.234 e. The first-order valence-corrected chi connectivity index (χ1v) is 8.05. The van der Waals surface area contributed by atoms with Crippen LogP contribution in [0.15, 0.2) is 22.5 Å². The van der Waals surface area contributed by atoms with Gasteiger partial charge >= 0.3 is 0 Å². The zero-order chi connectivity index (χ0) is 15.4. The van der Waals surface area contributed by atoms with E-state index in [9.17, 15) is 4.79 Å². The Morgan fingerprint density at radius 1 is 1.43 bits per heavy atom. The number of hydrogen-bond donors (Lipinski definition) is 2. The Morgan fingerprint density at radius 3 is 2.81 bits per heavy atom. The van der Waals surface area contributed by atoms with E-state index in [4.69, 9.17) is 5.73 Å². The summed E-state index contributed by atoms with van der Waals surface area (Å²) in [4.78, 5) is 13.8. The van der Waals surface area contributed by atoms with Gasteiger partial charge in [0.25, 0.3) is 0 Å². The topological polar surface area (TPSA) is 84.1 Å². The number of thioether (sulfide) groups is 1. The second kappa shape index (κ2) is 6.77. The predicted octanol–water partition coefficient (Wildman–Crippen LogP) is 2.23. The third kappa shape index (κ3) is 4.33. The minimum atomic E-state index is -0.0927. The summed E-state index contributed by atoms with van der Waals surface area (Å²) in [6.07, 6.45) is 0. The number of nitrogens with one attached hydrogen (secondary N) is 1. The Labute approximate surface area is 131 Å². The number of amides is 1. The lowest BCUT2D eigenvalue weighted by molar-refractivity contribution is -0.113. The summed E-state index contributed by atoms with van der Waals surface area (Å²) in [5.41, 5.74) is 8.18. The number of benzene rings is 1. The predicted molar refractivity (Wildman–Crippen MR) is 89.2 cm³/mol. The average molecular weight is 323 g/mol. The molecule has 0 bridgehead atoms. The van der Waals surface area contributed by atoms with Gasteiger partial charge in [0.1, 0.15) is 0 Å². The van der Waals surface area contributed by atoms with Crippen LogP contribution >= 0.6 is 23.1 Å². The molecule has 0 saturated carbocycles. The summed E-state index contributed by atoms with van der Waals surface area (Å²) in [6.45, 7) is 1.93. The van der Waals surface area contributed by atoms with Crippen molar-refractivity contribution < 1.29 is 4.79 Å². The number of anilines is 3. The zero-order valence-electron chi connectivity index (χ0n) is 12.1. The van der Waals surface area contributed by atoms with Gasteiger partial charge in [-0.1, -0.05) is 29.2 Å². The van der Waals surface area contributed by atoms with Crippen molar-refractivity contribution in [1.29, 1.82) is 0 Å². The molecule has 1 amide bonds. The lowest BCUT2D eigenvalue weighted by atomic mass is 10.2. The van der Waals surface area contributed by atoms with E-state index < -0.39 is 0 Å². The van der Waals surface area contributed by atoms with Crippen LogP contribution in [0.25, 0.3) is 0 Å². The molecule has 0 saturated heterocycles. The van der Waals surface area contributed by atoms with Crippen LogP contribution in [0, 0.1) is 6.92 Å². The van der Waals surface area contributed by atoms with Gasteiger partial charge in [0.2, 0.25) is 11.0 Å². The molecular formula is C13H17N5OS2. The summed E-state index contributed by atoms with van der Waals surface area (Å²) in [5, 5.41) is 11.7. The molecule has 112 valence electrons. The molecule has 0 aliphatic carbocycles. The highest BCUT2D eigenvalue weighted by Crippen LogP contribution is 2.27. The lowest BCUT2D eigenvalue weighted by Gasteiger charge is -2.06. The Hall–Kier alpha value is -1.80. The first-order valence-electron chi connectivity index (χ1n) is 6.25. The van der Waals surface area contributed by atoms with E-state index in [2.05, 4.69) is 15.5 Å². The molecule has 0 spiro atoms. The molecule has 1 aromatic heterocycles. The number of aryl methyl sites for hydroxylation is 1. The fourth-order valence-corrected chi connectivity index (χ4v) is 3.05. The van der Waals surface area contributed by atoms with Crippen LogP contribution in [0.4, 0.5) is 16.5 Å². The first-order chi connectivity index (χ1) is 9.95. The van der Waals surface area contributed by atoms with E-state index >= 15 is 0 Å². The summed E-state index contributed by atoms with van der Waals surface area (Å²) in [7, 11) is 3.81. The van der Waals surface area contributed by atoms with Crippen molar-refractivity contribution in [1.82, 2.24) is 10.2 Å².